The number of esters is 1. The molecule has 0 unspecified atom stereocenters. The number of carbonyl (C=O) groups excluding carboxylic acids is 2. The maximum absolute atomic E-state index is 12.4. The van der Waals surface area contributed by atoms with Gasteiger partial charge in [0, 0.05) is 5.56 Å². The van der Waals surface area contributed by atoms with Gasteiger partial charge in [0.1, 0.15) is 0 Å². The van der Waals surface area contributed by atoms with Crippen LogP contribution >= 0.6 is 23.1 Å². The number of carbonyl (C=O) groups is 2. The van der Waals surface area contributed by atoms with Crippen LogP contribution in [0.25, 0.3) is 0 Å². The fourth-order valence-corrected chi connectivity index (χ4v) is 4.70. The molecule has 1 saturated carbocycles. The second kappa shape index (κ2) is 9.85. The minimum atomic E-state index is -0.290. The topological polar surface area (TPSA) is 81.2 Å². The van der Waals surface area contributed by atoms with Crippen molar-refractivity contribution in [3.05, 3.63) is 35.4 Å². The molecule has 1 amide bonds. The molecule has 8 heteroatoms. The summed E-state index contributed by atoms with van der Waals surface area (Å²) in [5.74, 6) is 0.307. The number of hydrogen-bond donors (Lipinski definition) is 1. The molecule has 6 nitrogen and oxygen atoms in total. The number of nitrogens with one attached hydrogen (secondary N) is 1. The number of thioether (sulfide) groups is 1. The quantitative estimate of drug-likeness (QED) is 0.415. The zero-order valence-electron chi connectivity index (χ0n) is 15.3. The Balaban J connectivity index is 1.53. The van der Waals surface area contributed by atoms with Crippen LogP contribution in [0.2, 0.25) is 0 Å². The monoisotopic (exact) mass is 405 g/mol. The van der Waals surface area contributed by atoms with Gasteiger partial charge in [-0.25, -0.2) is 0 Å². The average molecular weight is 406 g/mol. The van der Waals surface area contributed by atoms with Crippen molar-refractivity contribution >= 4 is 40.1 Å². The summed E-state index contributed by atoms with van der Waals surface area (Å²) in [7, 11) is 0. The minimum Gasteiger partial charge on any atom is -0.465 e. The van der Waals surface area contributed by atoms with Crippen LogP contribution in [0.4, 0.5) is 5.13 Å². The number of hydrogen-bond acceptors (Lipinski definition) is 7. The summed E-state index contributed by atoms with van der Waals surface area (Å²) in [6.07, 6.45) is 6.39. The Morgan fingerprint density at radius 2 is 1.93 bits per heavy atom. The lowest BCUT2D eigenvalue weighted by atomic mass is 9.84. The Bertz CT molecular complexity index is 771. The summed E-state index contributed by atoms with van der Waals surface area (Å²) in [4.78, 5) is 23.8. The van der Waals surface area contributed by atoms with Gasteiger partial charge in [0.15, 0.2) is 4.34 Å². The van der Waals surface area contributed by atoms with Gasteiger partial charge in [-0.2, -0.15) is 0 Å². The molecule has 1 N–H and O–H groups in total. The minimum absolute atomic E-state index is 0.180. The Kier molecular flexibility index (Phi) is 7.23. The summed E-state index contributed by atoms with van der Waals surface area (Å²) < 4.78 is 5.49. The van der Waals surface area contributed by atoms with E-state index in [2.05, 4.69) is 27.6 Å². The fourth-order valence-electron chi connectivity index (χ4n) is 3.15. The molecule has 1 aromatic heterocycles. The third-order valence-corrected chi connectivity index (χ3v) is 6.44. The molecule has 144 valence electrons. The molecule has 1 aromatic carbocycles. The Morgan fingerprint density at radius 3 is 2.63 bits per heavy atom. The molecule has 0 radical (unpaired) electrons. The Hall–Kier alpha value is -1.93. The maximum Gasteiger partial charge on any atom is 0.316 e. The largest absolute Gasteiger partial charge is 0.465 e. The smallest absolute Gasteiger partial charge is 0.316 e. The van der Waals surface area contributed by atoms with Gasteiger partial charge in [0.2, 0.25) is 5.13 Å². The summed E-state index contributed by atoms with van der Waals surface area (Å²) in [6.45, 7) is 2.12. The first-order valence-electron chi connectivity index (χ1n) is 9.19. The number of ether oxygens (including phenoxy) is 1. The number of benzene rings is 1. The van der Waals surface area contributed by atoms with Gasteiger partial charge in [-0.1, -0.05) is 54.5 Å². The van der Waals surface area contributed by atoms with Crippen LogP contribution in [0.15, 0.2) is 28.6 Å². The second-order valence-corrected chi connectivity index (χ2v) is 8.58. The first-order chi connectivity index (χ1) is 13.2. The van der Waals surface area contributed by atoms with E-state index in [-0.39, 0.29) is 17.6 Å². The van der Waals surface area contributed by atoms with Crippen LogP contribution in [-0.2, 0) is 9.53 Å². The van der Waals surface area contributed by atoms with Gasteiger partial charge >= 0.3 is 5.97 Å². The summed E-state index contributed by atoms with van der Waals surface area (Å²) in [6, 6.07) is 7.87. The lowest BCUT2D eigenvalue weighted by Gasteiger charge is -2.22. The zero-order valence-corrected chi connectivity index (χ0v) is 16.9. The van der Waals surface area contributed by atoms with E-state index in [1.54, 1.807) is 6.92 Å². The summed E-state index contributed by atoms with van der Waals surface area (Å²) in [5, 5.41) is 11.1. The van der Waals surface area contributed by atoms with E-state index in [0.717, 1.165) is 0 Å². The van der Waals surface area contributed by atoms with Crippen molar-refractivity contribution < 1.29 is 14.3 Å². The first kappa shape index (κ1) is 19.8. The van der Waals surface area contributed by atoms with E-state index in [4.69, 9.17) is 4.74 Å². The van der Waals surface area contributed by atoms with Crippen molar-refractivity contribution in [2.75, 3.05) is 17.7 Å². The predicted octanol–water partition coefficient (Wildman–Crippen LogP) is 4.49. The van der Waals surface area contributed by atoms with Crippen molar-refractivity contribution in [3.63, 3.8) is 0 Å². The molecule has 2 aromatic rings. The molecule has 1 aliphatic carbocycles. The highest BCUT2D eigenvalue weighted by Crippen LogP contribution is 2.32. The number of anilines is 1. The molecule has 1 aliphatic rings. The summed E-state index contributed by atoms with van der Waals surface area (Å²) in [5.41, 5.74) is 1.92. The normalized spacial score (nSPS) is 14.7. The van der Waals surface area contributed by atoms with Gasteiger partial charge < -0.3 is 4.74 Å². The first-order valence-corrected chi connectivity index (χ1v) is 11.0. The number of nitrogens with zero attached hydrogens (tertiary/aromatic N) is 2. The fraction of sp³-hybridized carbons (Fsp3) is 0.474. The Labute approximate surface area is 167 Å². The second-order valence-electron chi connectivity index (χ2n) is 6.38. The molecule has 0 spiro atoms. The highest BCUT2D eigenvalue weighted by Gasteiger charge is 2.16. The molecular formula is C19H23N3O3S2. The molecule has 1 fully saturated rings. The van der Waals surface area contributed by atoms with Crippen molar-refractivity contribution in [2.45, 2.75) is 49.3 Å². The van der Waals surface area contributed by atoms with E-state index in [0.29, 0.717) is 27.6 Å². The lowest BCUT2D eigenvalue weighted by Crippen LogP contribution is -2.12. The number of amides is 1. The van der Waals surface area contributed by atoms with Crippen LogP contribution < -0.4 is 5.32 Å². The zero-order chi connectivity index (χ0) is 19.1. The highest BCUT2D eigenvalue weighted by molar-refractivity contribution is 8.01. The third kappa shape index (κ3) is 5.77. The molecule has 27 heavy (non-hydrogen) atoms. The Morgan fingerprint density at radius 1 is 1.19 bits per heavy atom. The van der Waals surface area contributed by atoms with Gasteiger partial charge in [-0.3, -0.25) is 14.9 Å². The maximum atomic E-state index is 12.4. The van der Waals surface area contributed by atoms with Crippen LogP contribution in [0.3, 0.4) is 0 Å². The van der Waals surface area contributed by atoms with Crippen LogP contribution in [0, 0.1) is 0 Å². The summed E-state index contributed by atoms with van der Waals surface area (Å²) >= 11 is 2.49. The van der Waals surface area contributed by atoms with Crippen molar-refractivity contribution in [3.8, 4) is 0 Å². The number of rotatable bonds is 7. The predicted molar refractivity (Wildman–Crippen MR) is 107 cm³/mol. The average Bonchev–Trinajstić information content (AvgIpc) is 3.15. The van der Waals surface area contributed by atoms with Gasteiger partial charge in [0.25, 0.3) is 5.91 Å². The van der Waals surface area contributed by atoms with Crippen LogP contribution in [-0.4, -0.2) is 34.4 Å². The van der Waals surface area contributed by atoms with Crippen molar-refractivity contribution in [1.29, 1.82) is 0 Å². The van der Waals surface area contributed by atoms with E-state index >= 15 is 0 Å². The SMILES string of the molecule is CCOC(=O)CSc1nnc(NC(=O)c2ccc(C3CCCCC3)cc2)s1. The lowest BCUT2D eigenvalue weighted by molar-refractivity contribution is -0.139. The number of aromatic nitrogens is 2. The van der Waals surface area contributed by atoms with Gasteiger partial charge in [0.05, 0.1) is 12.4 Å². The van der Waals surface area contributed by atoms with E-state index in [1.807, 2.05) is 12.1 Å². The molecule has 3 rings (SSSR count). The standard InChI is InChI=1S/C19H23N3O3S2/c1-2-25-16(23)12-26-19-22-21-18(27-19)20-17(24)15-10-8-14(9-11-15)13-6-4-3-5-7-13/h8-11,13H,2-7,12H2,1H3,(H,20,21,24). The van der Waals surface area contributed by atoms with Crippen molar-refractivity contribution in [2.24, 2.45) is 0 Å². The molecule has 0 saturated heterocycles. The van der Waals surface area contributed by atoms with E-state index in [1.165, 1.54) is 60.8 Å². The third-order valence-electron chi connectivity index (χ3n) is 4.50. The molecular weight excluding hydrogens is 382 g/mol. The van der Waals surface area contributed by atoms with Gasteiger partial charge in [-0.15, -0.1) is 10.2 Å². The van der Waals surface area contributed by atoms with Gasteiger partial charge in [-0.05, 0) is 43.4 Å². The van der Waals surface area contributed by atoms with Crippen LogP contribution in [0.5, 0.6) is 0 Å². The van der Waals surface area contributed by atoms with Crippen molar-refractivity contribution in [1.82, 2.24) is 10.2 Å². The molecule has 1 heterocycles. The molecule has 0 atom stereocenters. The van der Waals surface area contributed by atoms with E-state index < -0.39 is 0 Å². The molecule has 0 bridgehead atoms. The highest BCUT2D eigenvalue weighted by atomic mass is 32.2. The van der Waals surface area contributed by atoms with E-state index in [9.17, 15) is 9.59 Å². The molecule has 0 aliphatic heterocycles. The van der Waals surface area contributed by atoms with Crippen LogP contribution in [0.1, 0.15) is 60.9 Å².